The van der Waals surface area contributed by atoms with Crippen LogP contribution in [0.25, 0.3) is 0 Å². The van der Waals surface area contributed by atoms with E-state index < -0.39 is 0 Å². The average Bonchev–Trinajstić information content (AvgIpc) is 3.38. The molecule has 30 heavy (non-hydrogen) atoms. The lowest BCUT2D eigenvalue weighted by molar-refractivity contribution is -0.130. The number of hydrogen-bond donors (Lipinski definition) is 1. The molecule has 2 aromatic rings. The Bertz CT molecular complexity index is 907. The fraction of sp³-hybridized carbons (Fsp3) is 0.524. The number of methoxy groups -OCH3 is 1. The molecule has 3 heterocycles. The molecule has 2 aliphatic heterocycles. The van der Waals surface area contributed by atoms with Crippen molar-refractivity contribution in [2.45, 2.75) is 32.4 Å². The molecule has 1 aromatic carbocycles. The van der Waals surface area contributed by atoms with Gasteiger partial charge in [-0.1, -0.05) is 18.2 Å². The number of nitrogens with one attached hydrogen (secondary N) is 1. The van der Waals surface area contributed by atoms with Crippen LogP contribution in [0.5, 0.6) is 5.75 Å². The SMILES string of the molecule is COc1ccccc1CC(=O)N1CCc2nnc(CNC(=O)[C@@H]3CCOC3)n2CC1. The highest BCUT2D eigenvalue weighted by Gasteiger charge is 2.25. The van der Waals surface area contributed by atoms with Crippen LogP contribution in [0, 0.1) is 5.92 Å². The number of aromatic nitrogens is 3. The zero-order chi connectivity index (χ0) is 20.9. The Hall–Kier alpha value is -2.94. The highest BCUT2D eigenvalue weighted by atomic mass is 16.5. The van der Waals surface area contributed by atoms with Gasteiger partial charge in [-0.3, -0.25) is 9.59 Å². The van der Waals surface area contributed by atoms with Crippen LogP contribution < -0.4 is 10.1 Å². The summed E-state index contributed by atoms with van der Waals surface area (Å²) >= 11 is 0. The van der Waals surface area contributed by atoms with Gasteiger partial charge in [0, 0.05) is 38.2 Å². The molecular formula is C21H27N5O4. The van der Waals surface area contributed by atoms with Gasteiger partial charge in [0.1, 0.15) is 11.6 Å². The van der Waals surface area contributed by atoms with Crippen LogP contribution >= 0.6 is 0 Å². The van der Waals surface area contributed by atoms with E-state index in [2.05, 4.69) is 15.5 Å². The average molecular weight is 413 g/mol. The third-order valence-corrected chi connectivity index (χ3v) is 5.71. The van der Waals surface area contributed by atoms with E-state index in [0.717, 1.165) is 29.4 Å². The topological polar surface area (TPSA) is 98.6 Å². The number of benzene rings is 1. The van der Waals surface area contributed by atoms with Gasteiger partial charge in [-0.2, -0.15) is 0 Å². The number of carbonyl (C=O) groups is 2. The molecule has 1 fully saturated rings. The second kappa shape index (κ2) is 9.25. The fourth-order valence-electron chi connectivity index (χ4n) is 3.94. The molecule has 4 rings (SSSR count). The molecule has 1 saturated heterocycles. The van der Waals surface area contributed by atoms with Crippen molar-refractivity contribution >= 4 is 11.8 Å². The number of amides is 2. The van der Waals surface area contributed by atoms with E-state index in [-0.39, 0.29) is 17.7 Å². The van der Waals surface area contributed by atoms with Crippen LogP contribution in [0.2, 0.25) is 0 Å². The number of rotatable bonds is 6. The zero-order valence-electron chi connectivity index (χ0n) is 17.2. The minimum absolute atomic E-state index is 0.00733. The Morgan fingerprint density at radius 2 is 2.10 bits per heavy atom. The first-order chi connectivity index (χ1) is 14.7. The Morgan fingerprint density at radius 1 is 1.23 bits per heavy atom. The third-order valence-electron chi connectivity index (χ3n) is 5.71. The molecule has 1 N–H and O–H groups in total. The van der Waals surface area contributed by atoms with Gasteiger partial charge in [-0.05, 0) is 12.5 Å². The molecule has 0 aliphatic carbocycles. The molecule has 1 atom stereocenters. The van der Waals surface area contributed by atoms with Crippen molar-refractivity contribution in [3.05, 3.63) is 41.5 Å². The van der Waals surface area contributed by atoms with Gasteiger partial charge < -0.3 is 24.3 Å². The lowest BCUT2D eigenvalue weighted by Crippen LogP contribution is -2.35. The highest BCUT2D eigenvalue weighted by Crippen LogP contribution is 2.19. The molecule has 160 valence electrons. The van der Waals surface area contributed by atoms with Crippen molar-refractivity contribution in [2.75, 3.05) is 33.4 Å². The lowest BCUT2D eigenvalue weighted by Gasteiger charge is -2.21. The summed E-state index contributed by atoms with van der Waals surface area (Å²) < 4.78 is 12.6. The molecule has 2 aliphatic rings. The molecule has 0 spiro atoms. The summed E-state index contributed by atoms with van der Waals surface area (Å²) in [4.78, 5) is 27.0. The van der Waals surface area contributed by atoms with E-state index in [1.54, 1.807) is 7.11 Å². The largest absolute Gasteiger partial charge is 0.496 e. The van der Waals surface area contributed by atoms with E-state index in [9.17, 15) is 9.59 Å². The summed E-state index contributed by atoms with van der Waals surface area (Å²) in [6.07, 6.45) is 1.69. The van der Waals surface area contributed by atoms with Gasteiger partial charge in [0.25, 0.3) is 0 Å². The Morgan fingerprint density at radius 3 is 2.90 bits per heavy atom. The lowest BCUT2D eigenvalue weighted by atomic mass is 10.1. The summed E-state index contributed by atoms with van der Waals surface area (Å²) in [6, 6.07) is 7.59. The molecule has 0 saturated carbocycles. The van der Waals surface area contributed by atoms with E-state index in [1.165, 1.54) is 0 Å². The summed E-state index contributed by atoms with van der Waals surface area (Å²) in [6.45, 7) is 3.23. The van der Waals surface area contributed by atoms with Crippen molar-refractivity contribution in [3.8, 4) is 5.75 Å². The normalized spacial score (nSPS) is 18.6. The van der Waals surface area contributed by atoms with Gasteiger partial charge >= 0.3 is 0 Å². The van der Waals surface area contributed by atoms with Gasteiger partial charge in [-0.15, -0.1) is 10.2 Å². The van der Waals surface area contributed by atoms with Gasteiger partial charge in [0.15, 0.2) is 5.82 Å². The number of ether oxygens (including phenoxy) is 2. The van der Waals surface area contributed by atoms with Crippen molar-refractivity contribution in [2.24, 2.45) is 5.92 Å². The zero-order valence-corrected chi connectivity index (χ0v) is 17.2. The molecule has 1 aromatic heterocycles. The molecule has 0 radical (unpaired) electrons. The maximum atomic E-state index is 12.9. The number of para-hydroxylation sites is 1. The van der Waals surface area contributed by atoms with E-state index in [1.807, 2.05) is 33.7 Å². The first kappa shape index (κ1) is 20.3. The predicted octanol–water partition coefficient (Wildman–Crippen LogP) is 0.567. The van der Waals surface area contributed by atoms with E-state index in [4.69, 9.17) is 9.47 Å². The van der Waals surface area contributed by atoms with Crippen LogP contribution in [-0.4, -0.2) is 64.9 Å². The van der Waals surface area contributed by atoms with Crippen molar-refractivity contribution < 1.29 is 19.1 Å². The van der Waals surface area contributed by atoms with Crippen LogP contribution in [0.4, 0.5) is 0 Å². The monoisotopic (exact) mass is 413 g/mol. The molecule has 9 nitrogen and oxygen atoms in total. The Kier molecular flexibility index (Phi) is 6.27. The highest BCUT2D eigenvalue weighted by molar-refractivity contribution is 5.79. The Balaban J connectivity index is 1.35. The number of carbonyl (C=O) groups excluding carboxylic acids is 2. The first-order valence-electron chi connectivity index (χ1n) is 10.3. The summed E-state index contributed by atoms with van der Waals surface area (Å²) in [5, 5.41) is 11.5. The number of hydrogen-bond acceptors (Lipinski definition) is 6. The fourth-order valence-corrected chi connectivity index (χ4v) is 3.94. The number of fused-ring (bicyclic) bond motifs is 1. The van der Waals surface area contributed by atoms with Crippen molar-refractivity contribution in [1.29, 1.82) is 0 Å². The standard InChI is InChI=1S/C21H27N5O4/c1-29-17-5-3-2-4-15(17)12-20(27)25-8-6-18-23-24-19(26(18)10-9-25)13-22-21(28)16-7-11-30-14-16/h2-5,16H,6-14H2,1H3,(H,22,28)/t16-/m1/s1. The molecule has 0 bridgehead atoms. The Labute approximate surface area is 175 Å². The second-order valence-electron chi connectivity index (χ2n) is 7.58. The molecule has 9 heteroatoms. The minimum atomic E-state index is -0.0837. The summed E-state index contributed by atoms with van der Waals surface area (Å²) in [7, 11) is 1.61. The second-order valence-corrected chi connectivity index (χ2v) is 7.58. The van der Waals surface area contributed by atoms with Gasteiger partial charge in [-0.25, -0.2) is 0 Å². The molecule has 2 amide bonds. The first-order valence-corrected chi connectivity index (χ1v) is 10.3. The quantitative estimate of drug-likeness (QED) is 0.743. The molecule has 0 unspecified atom stereocenters. The van der Waals surface area contributed by atoms with E-state index in [0.29, 0.717) is 52.2 Å². The third kappa shape index (κ3) is 4.46. The van der Waals surface area contributed by atoms with Gasteiger partial charge in [0.05, 0.1) is 32.6 Å². The van der Waals surface area contributed by atoms with Crippen LogP contribution in [-0.2, 0) is 40.3 Å². The predicted molar refractivity (Wildman–Crippen MR) is 108 cm³/mol. The summed E-state index contributed by atoms with van der Waals surface area (Å²) in [5.41, 5.74) is 0.882. The number of nitrogens with zero attached hydrogens (tertiary/aromatic N) is 4. The maximum Gasteiger partial charge on any atom is 0.227 e. The van der Waals surface area contributed by atoms with Gasteiger partial charge in [0.2, 0.25) is 11.8 Å². The summed E-state index contributed by atoms with van der Waals surface area (Å²) in [5.74, 6) is 2.26. The van der Waals surface area contributed by atoms with Crippen molar-refractivity contribution in [1.82, 2.24) is 25.0 Å². The van der Waals surface area contributed by atoms with Crippen molar-refractivity contribution in [3.63, 3.8) is 0 Å². The van der Waals surface area contributed by atoms with Crippen LogP contribution in [0.3, 0.4) is 0 Å². The van der Waals surface area contributed by atoms with E-state index >= 15 is 0 Å². The molecular weight excluding hydrogens is 386 g/mol. The maximum absolute atomic E-state index is 12.9. The minimum Gasteiger partial charge on any atom is -0.496 e. The van der Waals surface area contributed by atoms with Crippen LogP contribution in [0.15, 0.2) is 24.3 Å². The van der Waals surface area contributed by atoms with Crippen LogP contribution in [0.1, 0.15) is 23.6 Å². The smallest absolute Gasteiger partial charge is 0.227 e.